The number of aromatic nitrogens is 2. The fourth-order valence-corrected chi connectivity index (χ4v) is 2.49. The van der Waals surface area contributed by atoms with Crippen LogP contribution in [0.15, 0.2) is 12.4 Å². The number of carbonyl (C=O) groups is 1. The maximum absolute atomic E-state index is 11.7. The number of aryl methyl sites for hydroxylation is 1. The van der Waals surface area contributed by atoms with Crippen molar-refractivity contribution in [2.75, 3.05) is 26.7 Å². The molecule has 0 aliphatic carbocycles. The van der Waals surface area contributed by atoms with Crippen molar-refractivity contribution < 1.29 is 4.79 Å². The zero-order valence-corrected chi connectivity index (χ0v) is 12.4. The zero-order valence-electron chi connectivity index (χ0n) is 11.6. The first-order chi connectivity index (χ1) is 8.74. The summed E-state index contributed by atoms with van der Waals surface area (Å²) in [6.45, 7) is 5.18. The molecule has 0 saturated carbocycles. The first-order valence-corrected chi connectivity index (χ1v) is 6.69. The Labute approximate surface area is 120 Å². The van der Waals surface area contributed by atoms with Gasteiger partial charge in [-0.3, -0.25) is 9.48 Å². The van der Waals surface area contributed by atoms with E-state index in [1.54, 1.807) is 0 Å². The summed E-state index contributed by atoms with van der Waals surface area (Å²) in [7, 11) is 1.81. The number of likely N-dealkylation sites (tertiary alicyclic amines) is 1. The Morgan fingerprint density at radius 3 is 2.68 bits per heavy atom. The molecule has 0 spiro atoms. The first-order valence-electron chi connectivity index (χ1n) is 6.69. The van der Waals surface area contributed by atoms with Crippen molar-refractivity contribution >= 4 is 18.3 Å². The van der Waals surface area contributed by atoms with Gasteiger partial charge in [-0.2, -0.15) is 5.10 Å². The van der Waals surface area contributed by atoms with Crippen LogP contribution in [0.3, 0.4) is 0 Å². The summed E-state index contributed by atoms with van der Waals surface area (Å²) in [4.78, 5) is 13.7. The highest BCUT2D eigenvalue weighted by molar-refractivity contribution is 5.85. The van der Waals surface area contributed by atoms with Crippen molar-refractivity contribution in [1.82, 2.24) is 20.0 Å². The maximum Gasteiger partial charge on any atom is 0.236 e. The van der Waals surface area contributed by atoms with Gasteiger partial charge in [-0.1, -0.05) is 0 Å². The molecule has 1 N–H and O–H groups in total. The fraction of sp³-hybridized carbons (Fsp3) is 0.692. The molecular formula is C13H23ClN4O. The van der Waals surface area contributed by atoms with Gasteiger partial charge < -0.3 is 10.2 Å². The standard InChI is InChI=1S/C13H22N4O.ClH/c1-3-17-10-12(8-15-17)11-4-6-16(7-5-11)13(18)9-14-2;/h8,10-11,14H,3-7,9H2,1-2H3;1H. The van der Waals surface area contributed by atoms with Gasteiger partial charge in [0.25, 0.3) is 0 Å². The average Bonchev–Trinajstić information content (AvgIpc) is 2.88. The Balaban J connectivity index is 0.00000180. The van der Waals surface area contributed by atoms with Crippen LogP contribution in [0.2, 0.25) is 0 Å². The topological polar surface area (TPSA) is 50.2 Å². The molecule has 1 amide bonds. The molecular weight excluding hydrogens is 264 g/mol. The van der Waals surface area contributed by atoms with Crippen molar-refractivity contribution in [3.05, 3.63) is 18.0 Å². The average molecular weight is 287 g/mol. The number of rotatable bonds is 4. The third kappa shape index (κ3) is 3.94. The van der Waals surface area contributed by atoms with Crippen LogP contribution in [0.25, 0.3) is 0 Å². The molecule has 0 unspecified atom stereocenters. The molecule has 19 heavy (non-hydrogen) atoms. The normalized spacial score (nSPS) is 16.2. The number of halogens is 1. The summed E-state index contributed by atoms with van der Waals surface area (Å²) in [5.74, 6) is 0.768. The number of piperidine rings is 1. The second kappa shape index (κ2) is 7.50. The lowest BCUT2D eigenvalue weighted by atomic mass is 9.91. The summed E-state index contributed by atoms with van der Waals surface area (Å²) in [5.41, 5.74) is 1.32. The predicted octanol–water partition coefficient (Wildman–Crippen LogP) is 1.25. The SMILES string of the molecule is CCn1cc(C2CCN(C(=O)CNC)CC2)cn1.Cl. The molecule has 0 bridgehead atoms. The van der Waals surface area contributed by atoms with Crippen molar-refractivity contribution in [3.8, 4) is 0 Å². The highest BCUT2D eigenvalue weighted by Gasteiger charge is 2.23. The fourth-order valence-electron chi connectivity index (χ4n) is 2.49. The molecule has 1 aliphatic rings. The van der Waals surface area contributed by atoms with Gasteiger partial charge in [0, 0.05) is 25.8 Å². The summed E-state index contributed by atoms with van der Waals surface area (Å²) >= 11 is 0. The second-order valence-corrected chi connectivity index (χ2v) is 4.81. The minimum Gasteiger partial charge on any atom is -0.342 e. The van der Waals surface area contributed by atoms with Gasteiger partial charge >= 0.3 is 0 Å². The molecule has 1 aromatic heterocycles. The smallest absolute Gasteiger partial charge is 0.236 e. The highest BCUT2D eigenvalue weighted by atomic mass is 35.5. The summed E-state index contributed by atoms with van der Waals surface area (Å²) in [5, 5.41) is 7.23. The van der Waals surface area contributed by atoms with Gasteiger partial charge in [-0.05, 0) is 38.3 Å². The van der Waals surface area contributed by atoms with E-state index in [9.17, 15) is 4.79 Å². The minimum atomic E-state index is 0. The van der Waals surface area contributed by atoms with E-state index in [2.05, 4.69) is 23.5 Å². The van der Waals surface area contributed by atoms with Crippen LogP contribution in [0.1, 0.15) is 31.2 Å². The minimum absolute atomic E-state index is 0. The van der Waals surface area contributed by atoms with Crippen molar-refractivity contribution in [2.24, 2.45) is 0 Å². The van der Waals surface area contributed by atoms with Crippen LogP contribution in [-0.2, 0) is 11.3 Å². The van der Waals surface area contributed by atoms with E-state index in [1.165, 1.54) is 5.56 Å². The molecule has 1 fully saturated rings. The summed E-state index contributed by atoms with van der Waals surface area (Å²) in [6, 6.07) is 0. The lowest BCUT2D eigenvalue weighted by Crippen LogP contribution is -2.41. The second-order valence-electron chi connectivity index (χ2n) is 4.81. The van der Waals surface area contributed by atoms with Crippen molar-refractivity contribution in [3.63, 3.8) is 0 Å². The molecule has 108 valence electrons. The number of hydrogen-bond donors (Lipinski definition) is 1. The molecule has 0 atom stereocenters. The highest BCUT2D eigenvalue weighted by Crippen LogP contribution is 2.27. The van der Waals surface area contributed by atoms with E-state index in [4.69, 9.17) is 0 Å². The molecule has 0 radical (unpaired) electrons. The third-order valence-electron chi connectivity index (χ3n) is 3.62. The van der Waals surface area contributed by atoms with E-state index in [-0.39, 0.29) is 18.3 Å². The van der Waals surface area contributed by atoms with Crippen LogP contribution in [0.5, 0.6) is 0 Å². The monoisotopic (exact) mass is 286 g/mol. The molecule has 5 nitrogen and oxygen atoms in total. The van der Waals surface area contributed by atoms with Crippen LogP contribution in [-0.4, -0.2) is 47.3 Å². The van der Waals surface area contributed by atoms with Crippen LogP contribution < -0.4 is 5.32 Å². The number of nitrogens with one attached hydrogen (secondary N) is 1. The van der Waals surface area contributed by atoms with Gasteiger partial charge in [-0.15, -0.1) is 12.4 Å². The Morgan fingerprint density at radius 2 is 2.16 bits per heavy atom. The number of amides is 1. The number of likely N-dealkylation sites (N-methyl/N-ethyl adjacent to an activating group) is 1. The molecule has 6 heteroatoms. The molecule has 0 aromatic carbocycles. The van der Waals surface area contributed by atoms with Gasteiger partial charge in [0.05, 0.1) is 12.7 Å². The molecule has 1 aromatic rings. The molecule has 1 saturated heterocycles. The van der Waals surface area contributed by atoms with E-state index < -0.39 is 0 Å². The van der Waals surface area contributed by atoms with Crippen molar-refractivity contribution in [1.29, 1.82) is 0 Å². The molecule has 2 heterocycles. The molecule has 1 aliphatic heterocycles. The van der Waals surface area contributed by atoms with E-state index in [0.29, 0.717) is 12.5 Å². The van der Waals surface area contributed by atoms with Crippen LogP contribution in [0, 0.1) is 0 Å². The number of carbonyl (C=O) groups excluding carboxylic acids is 1. The maximum atomic E-state index is 11.7. The molecule has 2 rings (SSSR count). The first kappa shape index (κ1) is 16.0. The van der Waals surface area contributed by atoms with Crippen molar-refractivity contribution in [2.45, 2.75) is 32.2 Å². The Kier molecular flexibility index (Phi) is 6.31. The van der Waals surface area contributed by atoms with Gasteiger partial charge in [0.1, 0.15) is 0 Å². The number of hydrogen-bond acceptors (Lipinski definition) is 3. The summed E-state index contributed by atoms with van der Waals surface area (Å²) < 4.78 is 1.97. The predicted molar refractivity (Wildman–Crippen MR) is 77.6 cm³/mol. The quantitative estimate of drug-likeness (QED) is 0.906. The lowest BCUT2D eigenvalue weighted by Gasteiger charge is -2.31. The van der Waals surface area contributed by atoms with Gasteiger partial charge in [-0.25, -0.2) is 0 Å². The Bertz CT molecular complexity index is 399. The largest absolute Gasteiger partial charge is 0.342 e. The summed E-state index contributed by atoms with van der Waals surface area (Å²) in [6.07, 6.45) is 6.20. The Morgan fingerprint density at radius 1 is 1.47 bits per heavy atom. The van der Waals surface area contributed by atoms with Gasteiger partial charge in [0.2, 0.25) is 5.91 Å². The van der Waals surface area contributed by atoms with Crippen LogP contribution in [0.4, 0.5) is 0 Å². The van der Waals surface area contributed by atoms with Crippen LogP contribution >= 0.6 is 12.4 Å². The zero-order chi connectivity index (χ0) is 13.0. The number of nitrogens with zero attached hydrogens (tertiary/aromatic N) is 3. The lowest BCUT2D eigenvalue weighted by molar-refractivity contribution is -0.131. The third-order valence-corrected chi connectivity index (χ3v) is 3.62. The van der Waals surface area contributed by atoms with E-state index >= 15 is 0 Å². The van der Waals surface area contributed by atoms with Gasteiger partial charge in [0.15, 0.2) is 0 Å². The van der Waals surface area contributed by atoms with E-state index in [0.717, 1.165) is 32.5 Å². The van der Waals surface area contributed by atoms with E-state index in [1.807, 2.05) is 22.8 Å². The Hall–Kier alpha value is -1.07.